The summed E-state index contributed by atoms with van der Waals surface area (Å²) in [7, 11) is 0. The molecular formula is C10H9N5O. The van der Waals surface area contributed by atoms with Gasteiger partial charge in [0.15, 0.2) is 11.6 Å². The first-order valence-corrected chi connectivity index (χ1v) is 4.81. The summed E-state index contributed by atoms with van der Waals surface area (Å²) < 4.78 is 5.22. The molecule has 0 aliphatic carbocycles. The summed E-state index contributed by atoms with van der Waals surface area (Å²) in [6, 6.07) is 3.72. The lowest BCUT2D eigenvalue weighted by Gasteiger charge is -1.95. The van der Waals surface area contributed by atoms with Crippen LogP contribution in [0.15, 0.2) is 29.0 Å². The molecule has 16 heavy (non-hydrogen) atoms. The maximum atomic E-state index is 5.52. The summed E-state index contributed by atoms with van der Waals surface area (Å²) in [5, 5.41) is 0. The number of nitrogens with zero attached hydrogens (tertiary/aromatic N) is 3. The molecule has 0 atom stereocenters. The van der Waals surface area contributed by atoms with Crippen LogP contribution in [0.1, 0.15) is 11.6 Å². The molecule has 6 nitrogen and oxygen atoms in total. The fraction of sp³-hybridized carbons (Fsp3) is 0.100. The molecule has 0 saturated carbocycles. The number of H-pyrrole nitrogens is 1. The van der Waals surface area contributed by atoms with Gasteiger partial charge in [-0.2, -0.15) is 4.98 Å². The molecule has 0 amide bonds. The SMILES string of the molecule is Nc1nc2nc(Cc3ccco3)ncc2[nH]1. The van der Waals surface area contributed by atoms with E-state index in [2.05, 4.69) is 19.9 Å². The van der Waals surface area contributed by atoms with E-state index in [1.807, 2.05) is 12.1 Å². The van der Waals surface area contributed by atoms with Gasteiger partial charge in [0.05, 0.1) is 18.9 Å². The largest absolute Gasteiger partial charge is 0.469 e. The number of furan rings is 1. The van der Waals surface area contributed by atoms with E-state index in [4.69, 9.17) is 10.2 Å². The van der Waals surface area contributed by atoms with Crippen LogP contribution in [0.5, 0.6) is 0 Å². The van der Waals surface area contributed by atoms with E-state index >= 15 is 0 Å². The van der Waals surface area contributed by atoms with Crippen LogP contribution in [0.25, 0.3) is 11.2 Å². The Morgan fingerprint density at radius 1 is 1.38 bits per heavy atom. The average molecular weight is 215 g/mol. The van der Waals surface area contributed by atoms with Gasteiger partial charge in [-0.3, -0.25) is 0 Å². The van der Waals surface area contributed by atoms with Crippen LogP contribution in [-0.4, -0.2) is 19.9 Å². The summed E-state index contributed by atoms with van der Waals surface area (Å²) in [5.74, 6) is 1.83. The van der Waals surface area contributed by atoms with E-state index in [9.17, 15) is 0 Å². The van der Waals surface area contributed by atoms with E-state index in [1.54, 1.807) is 12.5 Å². The van der Waals surface area contributed by atoms with Gasteiger partial charge in [0, 0.05) is 0 Å². The third-order valence-electron chi connectivity index (χ3n) is 2.22. The van der Waals surface area contributed by atoms with E-state index in [-0.39, 0.29) is 0 Å². The number of hydrogen-bond donors (Lipinski definition) is 2. The van der Waals surface area contributed by atoms with Crippen molar-refractivity contribution < 1.29 is 4.42 Å². The maximum absolute atomic E-state index is 5.52. The van der Waals surface area contributed by atoms with Crippen molar-refractivity contribution >= 4 is 17.1 Å². The number of nitrogen functional groups attached to an aromatic ring is 1. The third kappa shape index (κ3) is 1.50. The van der Waals surface area contributed by atoms with Gasteiger partial charge in [-0.05, 0) is 12.1 Å². The second-order valence-electron chi connectivity index (χ2n) is 3.40. The first-order chi connectivity index (χ1) is 7.81. The topological polar surface area (TPSA) is 93.6 Å². The Morgan fingerprint density at radius 3 is 3.12 bits per heavy atom. The normalized spacial score (nSPS) is 11.0. The highest BCUT2D eigenvalue weighted by Crippen LogP contribution is 2.11. The molecule has 0 bridgehead atoms. The van der Waals surface area contributed by atoms with E-state index in [1.165, 1.54) is 0 Å². The highest BCUT2D eigenvalue weighted by Gasteiger charge is 2.06. The van der Waals surface area contributed by atoms with Gasteiger partial charge >= 0.3 is 0 Å². The average Bonchev–Trinajstić information content (AvgIpc) is 2.85. The van der Waals surface area contributed by atoms with Crippen molar-refractivity contribution in [2.24, 2.45) is 0 Å². The quantitative estimate of drug-likeness (QED) is 0.668. The molecule has 0 aromatic carbocycles. The number of aromatic amines is 1. The van der Waals surface area contributed by atoms with Gasteiger partial charge in [0.2, 0.25) is 0 Å². The monoisotopic (exact) mass is 215 g/mol. The molecule has 6 heteroatoms. The van der Waals surface area contributed by atoms with Gasteiger partial charge in [0.1, 0.15) is 17.1 Å². The van der Waals surface area contributed by atoms with Crippen molar-refractivity contribution in [3.8, 4) is 0 Å². The number of hydrogen-bond acceptors (Lipinski definition) is 5. The second-order valence-corrected chi connectivity index (χ2v) is 3.40. The molecular weight excluding hydrogens is 206 g/mol. The Morgan fingerprint density at radius 2 is 2.31 bits per heavy atom. The molecule has 3 rings (SSSR count). The highest BCUT2D eigenvalue weighted by atomic mass is 16.3. The lowest BCUT2D eigenvalue weighted by molar-refractivity contribution is 0.517. The van der Waals surface area contributed by atoms with Gasteiger partial charge in [-0.15, -0.1) is 0 Å². The number of anilines is 1. The molecule has 0 saturated heterocycles. The third-order valence-corrected chi connectivity index (χ3v) is 2.22. The second kappa shape index (κ2) is 3.34. The molecule has 0 spiro atoms. The molecule has 3 N–H and O–H groups in total. The molecule has 0 aliphatic rings. The highest BCUT2D eigenvalue weighted by molar-refractivity contribution is 5.71. The van der Waals surface area contributed by atoms with Crippen LogP contribution in [-0.2, 0) is 6.42 Å². The van der Waals surface area contributed by atoms with Gasteiger partial charge in [-0.1, -0.05) is 0 Å². The molecule has 3 heterocycles. The van der Waals surface area contributed by atoms with Crippen LogP contribution < -0.4 is 5.73 Å². The van der Waals surface area contributed by atoms with Crippen LogP contribution in [0, 0.1) is 0 Å². The predicted octanol–water partition coefficient (Wildman–Crippen LogP) is 1.12. The first kappa shape index (κ1) is 8.90. The minimum absolute atomic E-state index is 0.347. The van der Waals surface area contributed by atoms with Crippen molar-refractivity contribution in [1.82, 2.24) is 19.9 Å². The molecule has 0 unspecified atom stereocenters. The zero-order chi connectivity index (χ0) is 11.0. The van der Waals surface area contributed by atoms with Crippen LogP contribution in [0.3, 0.4) is 0 Å². The summed E-state index contributed by atoms with van der Waals surface area (Å²) in [5.41, 5.74) is 6.84. The fourth-order valence-electron chi connectivity index (χ4n) is 1.52. The van der Waals surface area contributed by atoms with Gasteiger partial charge in [-0.25, -0.2) is 9.97 Å². The van der Waals surface area contributed by atoms with E-state index in [0.29, 0.717) is 23.8 Å². The summed E-state index contributed by atoms with van der Waals surface area (Å²) >= 11 is 0. The van der Waals surface area contributed by atoms with Crippen molar-refractivity contribution in [2.45, 2.75) is 6.42 Å². The number of nitrogens with two attached hydrogens (primary N) is 1. The Labute approximate surface area is 90.5 Å². The van der Waals surface area contributed by atoms with E-state index < -0.39 is 0 Å². The zero-order valence-corrected chi connectivity index (χ0v) is 8.34. The Balaban J connectivity index is 1.98. The molecule has 0 fully saturated rings. The Bertz CT molecular complexity index is 613. The summed E-state index contributed by atoms with van der Waals surface area (Å²) in [6.07, 6.45) is 3.85. The van der Waals surface area contributed by atoms with Crippen molar-refractivity contribution in [3.05, 3.63) is 36.2 Å². The van der Waals surface area contributed by atoms with Gasteiger partial charge in [0.25, 0.3) is 0 Å². The van der Waals surface area contributed by atoms with Gasteiger partial charge < -0.3 is 15.1 Å². The Hall–Kier alpha value is -2.37. The number of rotatable bonds is 2. The minimum Gasteiger partial charge on any atom is -0.469 e. The summed E-state index contributed by atoms with van der Waals surface area (Å²) in [4.78, 5) is 15.4. The number of fused-ring (bicyclic) bond motifs is 1. The number of imidazole rings is 1. The first-order valence-electron chi connectivity index (χ1n) is 4.81. The summed E-state index contributed by atoms with van der Waals surface area (Å²) in [6.45, 7) is 0. The molecule has 0 aliphatic heterocycles. The van der Waals surface area contributed by atoms with Crippen LogP contribution in [0.4, 0.5) is 5.95 Å². The molecule has 3 aromatic rings. The number of nitrogens with one attached hydrogen (secondary N) is 1. The minimum atomic E-state index is 0.347. The molecule has 80 valence electrons. The molecule has 3 aromatic heterocycles. The van der Waals surface area contributed by atoms with E-state index in [0.717, 1.165) is 11.3 Å². The predicted molar refractivity (Wildman–Crippen MR) is 57.6 cm³/mol. The lowest BCUT2D eigenvalue weighted by Crippen LogP contribution is -1.95. The van der Waals surface area contributed by atoms with Crippen molar-refractivity contribution in [1.29, 1.82) is 0 Å². The maximum Gasteiger partial charge on any atom is 0.200 e. The van der Waals surface area contributed by atoms with Crippen LogP contribution in [0.2, 0.25) is 0 Å². The van der Waals surface area contributed by atoms with Crippen molar-refractivity contribution in [2.75, 3.05) is 5.73 Å². The fourth-order valence-corrected chi connectivity index (χ4v) is 1.52. The standard InChI is InChI=1S/C10H9N5O/c11-10-13-7-5-12-8(14-9(7)15-10)4-6-2-1-3-16-6/h1-3,5H,4H2,(H3,11,12,13,14,15). The lowest BCUT2D eigenvalue weighted by atomic mass is 10.3. The molecule has 0 radical (unpaired) electrons. The smallest absolute Gasteiger partial charge is 0.200 e. The van der Waals surface area contributed by atoms with Crippen LogP contribution >= 0.6 is 0 Å². The number of aromatic nitrogens is 4. The van der Waals surface area contributed by atoms with Crippen molar-refractivity contribution in [3.63, 3.8) is 0 Å². The Kier molecular flexibility index (Phi) is 1.86. The zero-order valence-electron chi connectivity index (χ0n) is 8.34.